The minimum absolute atomic E-state index is 0.120. The third-order valence-electron chi connectivity index (χ3n) is 4.41. The summed E-state index contributed by atoms with van der Waals surface area (Å²) < 4.78 is 0. The zero-order chi connectivity index (χ0) is 11.8. The molecule has 0 atom stereocenters. The van der Waals surface area contributed by atoms with Gasteiger partial charge < -0.3 is 10.6 Å². The summed E-state index contributed by atoms with van der Waals surface area (Å²) in [4.78, 5) is 13.9. The molecule has 2 rings (SSSR count). The molecule has 1 saturated carbocycles. The number of carbonyl (C=O) groups excluding carboxylic acids is 1. The molecule has 3 heteroatoms. The molecule has 0 unspecified atom stereocenters. The Labute approximate surface area is 98.4 Å². The number of amides is 1. The number of nitrogens with zero attached hydrogens (tertiary/aromatic N) is 1. The van der Waals surface area contributed by atoms with Gasteiger partial charge >= 0.3 is 0 Å². The maximum atomic E-state index is 12.0. The second kappa shape index (κ2) is 4.36. The van der Waals surface area contributed by atoms with E-state index in [1.165, 1.54) is 25.7 Å². The lowest BCUT2D eigenvalue weighted by Gasteiger charge is -2.50. The first kappa shape index (κ1) is 11.9. The lowest BCUT2D eigenvalue weighted by Crippen LogP contribution is -2.71. The summed E-state index contributed by atoms with van der Waals surface area (Å²) in [5.41, 5.74) is 6.07. The Kier molecular flexibility index (Phi) is 3.24. The molecule has 1 aliphatic heterocycles. The van der Waals surface area contributed by atoms with E-state index in [0.29, 0.717) is 17.7 Å². The van der Waals surface area contributed by atoms with Gasteiger partial charge in [0.2, 0.25) is 5.91 Å². The number of carbonyl (C=O) groups is 1. The fraction of sp³-hybridized carbons (Fsp3) is 0.923. The predicted molar refractivity (Wildman–Crippen MR) is 64.9 cm³/mol. The quantitative estimate of drug-likeness (QED) is 0.794. The van der Waals surface area contributed by atoms with E-state index in [4.69, 9.17) is 5.73 Å². The van der Waals surface area contributed by atoms with Gasteiger partial charge in [-0.3, -0.25) is 4.79 Å². The molecule has 1 saturated heterocycles. The van der Waals surface area contributed by atoms with Crippen molar-refractivity contribution >= 4 is 5.91 Å². The summed E-state index contributed by atoms with van der Waals surface area (Å²) >= 11 is 0. The van der Waals surface area contributed by atoms with Crippen LogP contribution in [0.3, 0.4) is 0 Å². The molecule has 0 radical (unpaired) electrons. The molecule has 2 aliphatic rings. The molecule has 2 fully saturated rings. The van der Waals surface area contributed by atoms with E-state index in [0.717, 1.165) is 19.5 Å². The van der Waals surface area contributed by atoms with Gasteiger partial charge in [0.05, 0.1) is 5.54 Å². The van der Waals surface area contributed by atoms with Crippen molar-refractivity contribution in [2.75, 3.05) is 13.1 Å². The molecule has 0 spiro atoms. The minimum atomic E-state index is -0.120. The first-order chi connectivity index (χ1) is 7.51. The smallest absolute Gasteiger partial charge is 0.222 e. The second-order valence-electron chi connectivity index (χ2n) is 5.99. The van der Waals surface area contributed by atoms with Gasteiger partial charge in [-0.2, -0.15) is 0 Å². The van der Waals surface area contributed by atoms with Crippen molar-refractivity contribution in [1.29, 1.82) is 0 Å². The van der Waals surface area contributed by atoms with E-state index < -0.39 is 0 Å². The van der Waals surface area contributed by atoms with Crippen LogP contribution in [-0.4, -0.2) is 29.4 Å². The first-order valence-electron chi connectivity index (χ1n) is 6.58. The topological polar surface area (TPSA) is 46.3 Å². The SMILES string of the molecule is CC(C)C1(N)CN(C(=O)CC2CCCC2)C1. The van der Waals surface area contributed by atoms with Crippen LogP contribution in [0.2, 0.25) is 0 Å². The normalized spacial score (nSPS) is 24.9. The highest BCUT2D eigenvalue weighted by atomic mass is 16.2. The molecule has 16 heavy (non-hydrogen) atoms. The van der Waals surface area contributed by atoms with Gasteiger partial charge in [0, 0.05) is 19.5 Å². The number of nitrogens with two attached hydrogens (primary N) is 1. The molecule has 1 amide bonds. The van der Waals surface area contributed by atoms with Crippen LogP contribution in [0.4, 0.5) is 0 Å². The molecule has 3 nitrogen and oxygen atoms in total. The number of hydrogen-bond donors (Lipinski definition) is 1. The van der Waals surface area contributed by atoms with Crippen LogP contribution < -0.4 is 5.73 Å². The molecule has 92 valence electrons. The van der Waals surface area contributed by atoms with Crippen molar-refractivity contribution in [3.63, 3.8) is 0 Å². The van der Waals surface area contributed by atoms with Gasteiger partial charge in [-0.25, -0.2) is 0 Å². The van der Waals surface area contributed by atoms with E-state index in [1.807, 2.05) is 4.90 Å². The Morgan fingerprint density at radius 3 is 2.44 bits per heavy atom. The van der Waals surface area contributed by atoms with E-state index in [-0.39, 0.29) is 5.54 Å². The summed E-state index contributed by atoms with van der Waals surface area (Å²) in [5.74, 6) is 1.44. The lowest BCUT2D eigenvalue weighted by atomic mass is 9.80. The van der Waals surface area contributed by atoms with Crippen molar-refractivity contribution in [3.8, 4) is 0 Å². The van der Waals surface area contributed by atoms with E-state index >= 15 is 0 Å². The number of likely N-dealkylation sites (tertiary alicyclic amines) is 1. The van der Waals surface area contributed by atoms with Crippen LogP contribution in [0, 0.1) is 11.8 Å². The Morgan fingerprint density at radius 2 is 1.94 bits per heavy atom. The Bertz CT molecular complexity index is 263. The Balaban J connectivity index is 1.76. The standard InChI is InChI=1S/C13H24N2O/c1-10(2)13(14)8-15(9-13)12(16)7-11-5-3-4-6-11/h10-11H,3-9,14H2,1-2H3. The summed E-state index contributed by atoms with van der Waals surface area (Å²) in [6.45, 7) is 5.80. The van der Waals surface area contributed by atoms with Crippen molar-refractivity contribution in [2.24, 2.45) is 17.6 Å². The van der Waals surface area contributed by atoms with Gasteiger partial charge in [-0.15, -0.1) is 0 Å². The van der Waals surface area contributed by atoms with Crippen LogP contribution in [-0.2, 0) is 4.79 Å². The third-order valence-corrected chi connectivity index (χ3v) is 4.41. The zero-order valence-electron chi connectivity index (χ0n) is 10.5. The van der Waals surface area contributed by atoms with Gasteiger partial charge in [-0.1, -0.05) is 26.7 Å². The van der Waals surface area contributed by atoms with E-state index in [9.17, 15) is 4.79 Å². The van der Waals surface area contributed by atoms with Crippen LogP contribution in [0.5, 0.6) is 0 Å². The van der Waals surface area contributed by atoms with Crippen molar-refractivity contribution < 1.29 is 4.79 Å². The lowest BCUT2D eigenvalue weighted by molar-refractivity contribution is -0.141. The second-order valence-corrected chi connectivity index (χ2v) is 5.99. The molecular weight excluding hydrogens is 200 g/mol. The van der Waals surface area contributed by atoms with Gasteiger partial charge in [0.1, 0.15) is 0 Å². The Hall–Kier alpha value is -0.570. The van der Waals surface area contributed by atoms with Gasteiger partial charge in [0.25, 0.3) is 0 Å². The maximum Gasteiger partial charge on any atom is 0.222 e. The third kappa shape index (κ3) is 2.24. The maximum absolute atomic E-state index is 12.0. The number of hydrogen-bond acceptors (Lipinski definition) is 2. The summed E-state index contributed by atoms with van der Waals surface area (Å²) in [7, 11) is 0. The van der Waals surface area contributed by atoms with E-state index in [2.05, 4.69) is 13.8 Å². The number of rotatable bonds is 3. The molecule has 0 bridgehead atoms. The fourth-order valence-corrected chi connectivity index (χ4v) is 2.80. The van der Waals surface area contributed by atoms with Crippen LogP contribution in [0.1, 0.15) is 46.0 Å². The summed E-state index contributed by atoms with van der Waals surface area (Å²) in [6, 6.07) is 0. The molecule has 0 aromatic rings. The largest absolute Gasteiger partial charge is 0.339 e. The van der Waals surface area contributed by atoms with Gasteiger partial charge in [0.15, 0.2) is 0 Å². The summed E-state index contributed by atoms with van der Waals surface area (Å²) in [5, 5.41) is 0. The van der Waals surface area contributed by atoms with E-state index in [1.54, 1.807) is 0 Å². The zero-order valence-corrected chi connectivity index (χ0v) is 10.5. The average molecular weight is 224 g/mol. The molecule has 0 aromatic carbocycles. The summed E-state index contributed by atoms with van der Waals surface area (Å²) in [6.07, 6.45) is 5.87. The van der Waals surface area contributed by atoms with Crippen LogP contribution in [0.25, 0.3) is 0 Å². The monoisotopic (exact) mass is 224 g/mol. The molecule has 2 N–H and O–H groups in total. The molecule has 1 aliphatic carbocycles. The van der Waals surface area contributed by atoms with Crippen molar-refractivity contribution in [3.05, 3.63) is 0 Å². The van der Waals surface area contributed by atoms with Crippen LogP contribution in [0.15, 0.2) is 0 Å². The molecule has 1 heterocycles. The molecular formula is C13H24N2O. The van der Waals surface area contributed by atoms with Crippen molar-refractivity contribution in [2.45, 2.75) is 51.5 Å². The predicted octanol–water partition coefficient (Wildman–Crippen LogP) is 1.76. The average Bonchev–Trinajstić information content (AvgIpc) is 2.64. The minimum Gasteiger partial charge on any atom is -0.339 e. The first-order valence-corrected chi connectivity index (χ1v) is 6.58. The Morgan fingerprint density at radius 1 is 1.38 bits per heavy atom. The van der Waals surface area contributed by atoms with Crippen molar-refractivity contribution in [1.82, 2.24) is 4.90 Å². The fourth-order valence-electron chi connectivity index (χ4n) is 2.80. The van der Waals surface area contributed by atoms with Gasteiger partial charge in [-0.05, 0) is 24.7 Å². The highest BCUT2D eigenvalue weighted by Gasteiger charge is 2.44. The van der Waals surface area contributed by atoms with Crippen LogP contribution >= 0.6 is 0 Å². The molecule has 0 aromatic heterocycles. The highest BCUT2D eigenvalue weighted by molar-refractivity contribution is 5.77. The highest BCUT2D eigenvalue weighted by Crippen LogP contribution is 2.31.